The molecular formula is C52H64N2O. The average molecular weight is 733 g/mol. The van der Waals surface area contributed by atoms with E-state index in [1.54, 1.807) is 0 Å². The fourth-order valence-electron chi connectivity index (χ4n) is 9.44. The zero-order valence-electron chi connectivity index (χ0n) is 33.8. The van der Waals surface area contributed by atoms with Crippen LogP contribution in [0, 0.1) is 34.5 Å². The number of ether oxygens (including phenoxy) is 1. The molecule has 2 fully saturated rings. The van der Waals surface area contributed by atoms with Crippen LogP contribution in [0.25, 0.3) is 0 Å². The molecule has 4 aromatic carbocycles. The molecule has 0 amide bonds. The number of nitrogens with zero attached hydrogens (tertiary/aromatic N) is 2. The predicted octanol–water partition coefficient (Wildman–Crippen LogP) is 14.9. The van der Waals surface area contributed by atoms with Gasteiger partial charge in [0, 0.05) is 24.0 Å². The fraction of sp³-hybridized carbons (Fsp3) is 0.500. The van der Waals surface area contributed by atoms with E-state index in [-0.39, 0.29) is 0 Å². The Morgan fingerprint density at radius 1 is 0.491 bits per heavy atom. The van der Waals surface area contributed by atoms with Gasteiger partial charge in [0.1, 0.15) is 11.5 Å². The first kappa shape index (κ1) is 40.3. The molecule has 0 bridgehead atoms. The van der Waals surface area contributed by atoms with Gasteiger partial charge in [0.2, 0.25) is 0 Å². The van der Waals surface area contributed by atoms with Crippen LogP contribution >= 0.6 is 0 Å². The fourth-order valence-corrected chi connectivity index (χ4v) is 9.44. The Hall–Kier alpha value is -4.34. The molecule has 0 saturated heterocycles. The minimum atomic E-state index is 0.631. The van der Waals surface area contributed by atoms with E-state index in [1.165, 1.54) is 138 Å². The van der Waals surface area contributed by atoms with Gasteiger partial charge < -0.3 is 4.74 Å². The highest BCUT2D eigenvalue weighted by atomic mass is 16.5. The molecule has 2 saturated carbocycles. The van der Waals surface area contributed by atoms with Crippen molar-refractivity contribution in [2.24, 2.45) is 11.8 Å². The Kier molecular flexibility index (Phi) is 15.5. The number of nitriles is 2. The van der Waals surface area contributed by atoms with Gasteiger partial charge in [-0.25, -0.2) is 0 Å². The monoisotopic (exact) mass is 733 g/mol. The van der Waals surface area contributed by atoms with Gasteiger partial charge in [0.25, 0.3) is 0 Å². The Morgan fingerprint density at radius 3 is 1.25 bits per heavy atom. The van der Waals surface area contributed by atoms with E-state index in [1.807, 2.05) is 36.4 Å². The molecule has 0 spiro atoms. The van der Waals surface area contributed by atoms with Crippen LogP contribution < -0.4 is 4.74 Å². The van der Waals surface area contributed by atoms with Crippen molar-refractivity contribution in [2.45, 2.75) is 154 Å². The molecule has 4 aromatic rings. The Bertz CT molecular complexity index is 1710. The molecular weight excluding hydrogens is 669 g/mol. The topological polar surface area (TPSA) is 56.8 Å². The molecule has 2 aliphatic rings. The van der Waals surface area contributed by atoms with E-state index in [0.29, 0.717) is 35.8 Å². The van der Waals surface area contributed by atoms with Gasteiger partial charge in [-0.2, -0.15) is 10.5 Å². The lowest BCUT2D eigenvalue weighted by molar-refractivity contribution is 0.302. The van der Waals surface area contributed by atoms with Crippen LogP contribution in [0.15, 0.2) is 84.9 Å². The summed E-state index contributed by atoms with van der Waals surface area (Å²) in [5.41, 5.74) is 8.61. The number of benzene rings is 4. The molecule has 6 rings (SSSR count). The predicted molar refractivity (Wildman–Crippen MR) is 228 cm³/mol. The maximum Gasteiger partial charge on any atom is 0.131 e. The third kappa shape index (κ3) is 11.8. The molecule has 0 unspecified atom stereocenters. The molecule has 3 heteroatoms. The normalized spacial score (nSPS) is 19.7. The number of rotatable bonds is 18. The molecule has 0 radical (unpaired) electrons. The van der Waals surface area contributed by atoms with Crippen molar-refractivity contribution >= 4 is 0 Å². The van der Waals surface area contributed by atoms with Gasteiger partial charge >= 0.3 is 0 Å². The highest BCUT2D eigenvalue weighted by molar-refractivity contribution is 5.50. The molecule has 288 valence electrons. The lowest BCUT2D eigenvalue weighted by Crippen LogP contribution is -2.13. The first-order valence-electron chi connectivity index (χ1n) is 22.0. The van der Waals surface area contributed by atoms with Crippen LogP contribution in [0.2, 0.25) is 0 Å². The zero-order chi connectivity index (χ0) is 38.2. The number of hydrogen-bond donors (Lipinski definition) is 0. The minimum Gasteiger partial charge on any atom is -0.457 e. The second-order valence-corrected chi connectivity index (χ2v) is 16.9. The standard InChI is InChI=1S/C52H64N2O/c1-3-5-7-9-11-39-13-23-45(24-14-39)47-27-17-41(18-28-47)33-49-35-43(37-53)21-31-51(49)55-52-32-22-44(38-54)36-50(52)34-42-19-29-48(30-20-42)46-25-15-40(16-26-46)12-10-8-6-4-2/h17-22,27-32,35-36,39-40,45-46H,3-16,23-26,33-34H2,1-2H3/t39-,40-,45-,46-. The summed E-state index contributed by atoms with van der Waals surface area (Å²) in [6.45, 7) is 4.58. The summed E-state index contributed by atoms with van der Waals surface area (Å²) in [4.78, 5) is 0. The Labute approximate surface area is 333 Å². The molecule has 2 aliphatic carbocycles. The van der Waals surface area contributed by atoms with E-state index in [9.17, 15) is 10.5 Å². The van der Waals surface area contributed by atoms with Crippen molar-refractivity contribution in [3.8, 4) is 23.6 Å². The SMILES string of the molecule is CCCCCC[C@H]1CC[C@H](c2ccc(Cc3cc(C#N)ccc3Oc3ccc(C#N)cc3Cc3ccc([C@H]4CC[C@H](CCCCCC)CC4)cc3)cc2)CC1. The molecule has 55 heavy (non-hydrogen) atoms. The third-order valence-corrected chi connectivity index (χ3v) is 12.9. The van der Waals surface area contributed by atoms with E-state index < -0.39 is 0 Å². The minimum absolute atomic E-state index is 0.631. The summed E-state index contributed by atoms with van der Waals surface area (Å²) in [6, 6.07) is 34.5. The summed E-state index contributed by atoms with van der Waals surface area (Å²) in [7, 11) is 0. The van der Waals surface area contributed by atoms with Gasteiger partial charge in [-0.05, 0) is 134 Å². The zero-order valence-corrected chi connectivity index (χ0v) is 33.8. The van der Waals surface area contributed by atoms with Crippen molar-refractivity contribution in [1.82, 2.24) is 0 Å². The lowest BCUT2D eigenvalue weighted by Gasteiger charge is -2.29. The average Bonchev–Trinajstić information content (AvgIpc) is 3.23. The van der Waals surface area contributed by atoms with Crippen LogP contribution in [0.5, 0.6) is 11.5 Å². The summed E-state index contributed by atoms with van der Waals surface area (Å²) in [5, 5.41) is 19.6. The van der Waals surface area contributed by atoms with Crippen LogP contribution in [0.1, 0.15) is 186 Å². The van der Waals surface area contributed by atoms with Gasteiger partial charge in [-0.15, -0.1) is 0 Å². The summed E-state index contributed by atoms with van der Waals surface area (Å²) in [5.74, 6) is 4.67. The molecule has 0 atom stereocenters. The maximum atomic E-state index is 9.79. The summed E-state index contributed by atoms with van der Waals surface area (Å²) in [6.07, 6.45) is 25.8. The van der Waals surface area contributed by atoms with Crippen LogP contribution in [0.3, 0.4) is 0 Å². The molecule has 0 heterocycles. The quantitative estimate of drug-likeness (QED) is 0.0957. The summed E-state index contributed by atoms with van der Waals surface area (Å²) >= 11 is 0. The van der Waals surface area contributed by atoms with Crippen molar-refractivity contribution in [3.05, 3.63) is 129 Å². The molecule has 0 N–H and O–H groups in total. The van der Waals surface area contributed by atoms with Crippen molar-refractivity contribution in [2.75, 3.05) is 0 Å². The van der Waals surface area contributed by atoms with Gasteiger partial charge in [-0.3, -0.25) is 0 Å². The Balaban J connectivity index is 1.09. The first-order chi connectivity index (χ1) is 27.0. The summed E-state index contributed by atoms with van der Waals surface area (Å²) < 4.78 is 6.71. The smallest absolute Gasteiger partial charge is 0.131 e. The lowest BCUT2D eigenvalue weighted by atomic mass is 9.77. The number of hydrogen-bond acceptors (Lipinski definition) is 3. The molecule has 3 nitrogen and oxygen atoms in total. The van der Waals surface area contributed by atoms with Crippen LogP contribution in [-0.4, -0.2) is 0 Å². The second kappa shape index (κ2) is 21.1. The van der Waals surface area contributed by atoms with E-state index in [4.69, 9.17) is 4.74 Å². The number of unbranched alkanes of at least 4 members (excludes halogenated alkanes) is 6. The van der Waals surface area contributed by atoms with E-state index in [2.05, 4.69) is 74.5 Å². The largest absolute Gasteiger partial charge is 0.457 e. The van der Waals surface area contributed by atoms with Crippen LogP contribution in [-0.2, 0) is 12.8 Å². The highest BCUT2D eigenvalue weighted by Gasteiger charge is 2.23. The van der Waals surface area contributed by atoms with Gasteiger partial charge in [-0.1, -0.05) is 127 Å². The van der Waals surface area contributed by atoms with Crippen molar-refractivity contribution < 1.29 is 4.74 Å². The van der Waals surface area contributed by atoms with Crippen molar-refractivity contribution in [1.29, 1.82) is 10.5 Å². The van der Waals surface area contributed by atoms with E-state index >= 15 is 0 Å². The molecule has 0 aliphatic heterocycles. The maximum absolute atomic E-state index is 9.79. The first-order valence-corrected chi connectivity index (χ1v) is 22.0. The van der Waals surface area contributed by atoms with Crippen molar-refractivity contribution in [3.63, 3.8) is 0 Å². The molecule has 0 aromatic heterocycles. The van der Waals surface area contributed by atoms with Gasteiger partial charge in [0.15, 0.2) is 0 Å². The Morgan fingerprint density at radius 2 is 0.891 bits per heavy atom. The third-order valence-electron chi connectivity index (χ3n) is 12.9. The van der Waals surface area contributed by atoms with Gasteiger partial charge in [0.05, 0.1) is 23.3 Å². The van der Waals surface area contributed by atoms with E-state index in [0.717, 1.165) is 34.5 Å². The second-order valence-electron chi connectivity index (χ2n) is 16.9. The van der Waals surface area contributed by atoms with Crippen LogP contribution in [0.4, 0.5) is 0 Å². The highest BCUT2D eigenvalue weighted by Crippen LogP contribution is 2.40.